The Morgan fingerprint density at radius 1 is 1.50 bits per heavy atom. The Kier molecular flexibility index (Phi) is 3.13. The second-order valence-electron chi connectivity index (χ2n) is 3.79. The summed E-state index contributed by atoms with van der Waals surface area (Å²) in [5, 5.41) is 9.65. The van der Waals surface area contributed by atoms with Crippen LogP contribution in [-0.4, -0.2) is 35.2 Å². The summed E-state index contributed by atoms with van der Waals surface area (Å²) in [5.74, 6) is 2.63. The summed E-state index contributed by atoms with van der Waals surface area (Å²) in [4.78, 5) is 2.32. The zero-order chi connectivity index (χ0) is 9.03. The van der Waals surface area contributed by atoms with Gasteiger partial charge < -0.3 is 10.0 Å². The topological polar surface area (TPSA) is 23.5 Å². The van der Waals surface area contributed by atoms with Gasteiger partial charge in [0.2, 0.25) is 0 Å². The van der Waals surface area contributed by atoms with Crippen molar-refractivity contribution in [3.63, 3.8) is 0 Å². The lowest BCUT2D eigenvalue weighted by Gasteiger charge is -2.35. The minimum absolute atomic E-state index is 0.438. The second kappa shape index (κ2) is 3.93. The summed E-state index contributed by atoms with van der Waals surface area (Å²) >= 11 is 0. The van der Waals surface area contributed by atoms with Crippen molar-refractivity contribution in [2.24, 2.45) is 0 Å². The van der Waals surface area contributed by atoms with Crippen LogP contribution in [0.2, 0.25) is 0 Å². The predicted molar refractivity (Wildman–Crippen MR) is 49.7 cm³/mol. The molecule has 1 rings (SSSR count). The number of piperidine rings is 1. The van der Waals surface area contributed by atoms with Gasteiger partial charge >= 0.3 is 0 Å². The van der Waals surface area contributed by atoms with Crippen molar-refractivity contribution in [1.29, 1.82) is 0 Å². The van der Waals surface area contributed by atoms with E-state index in [0.29, 0.717) is 0 Å². The van der Waals surface area contributed by atoms with Crippen molar-refractivity contribution in [3.05, 3.63) is 0 Å². The maximum absolute atomic E-state index is 9.65. The molecule has 0 spiro atoms. The molecule has 2 heteroatoms. The molecule has 0 amide bonds. The molecule has 1 N–H and O–H groups in total. The number of hydrogen-bond acceptors (Lipinski definition) is 2. The molecule has 0 aromatic carbocycles. The van der Waals surface area contributed by atoms with E-state index >= 15 is 0 Å². The summed E-state index contributed by atoms with van der Waals surface area (Å²) in [5.41, 5.74) is -0.438. The van der Waals surface area contributed by atoms with Crippen molar-refractivity contribution < 1.29 is 5.11 Å². The molecule has 68 valence electrons. The molecule has 0 unspecified atom stereocenters. The highest BCUT2D eigenvalue weighted by Crippen LogP contribution is 2.20. The average Bonchev–Trinajstić information content (AvgIpc) is 2.03. The van der Waals surface area contributed by atoms with E-state index in [-0.39, 0.29) is 0 Å². The van der Waals surface area contributed by atoms with E-state index in [1.165, 1.54) is 0 Å². The number of aliphatic hydroxyl groups is 1. The van der Waals surface area contributed by atoms with Crippen molar-refractivity contribution in [2.75, 3.05) is 19.6 Å². The Balaban J connectivity index is 2.23. The third-order valence-electron chi connectivity index (χ3n) is 2.51. The zero-order valence-corrected chi connectivity index (χ0v) is 7.71. The lowest BCUT2D eigenvalue weighted by atomic mass is 9.94. The Morgan fingerprint density at radius 2 is 2.08 bits per heavy atom. The monoisotopic (exact) mass is 167 g/mol. The van der Waals surface area contributed by atoms with Gasteiger partial charge in [-0.1, -0.05) is 0 Å². The van der Waals surface area contributed by atoms with Gasteiger partial charge in [-0.2, -0.15) is 0 Å². The van der Waals surface area contributed by atoms with Crippen LogP contribution in [0.1, 0.15) is 26.2 Å². The van der Waals surface area contributed by atoms with Crippen LogP contribution < -0.4 is 0 Å². The number of rotatable bonds is 2. The van der Waals surface area contributed by atoms with Crippen LogP contribution in [0, 0.1) is 12.3 Å². The maximum atomic E-state index is 9.65. The first-order valence-electron chi connectivity index (χ1n) is 4.52. The number of likely N-dealkylation sites (tertiary alicyclic amines) is 1. The highest BCUT2D eigenvalue weighted by atomic mass is 16.3. The highest BCUT2D eigenvalue weighted by Gasteiger charge is 2.26. The summed E-state index contributed by atoms with van der Waals surface area (Å²) < 4.78 is 0. The molecular formula is C10H17NO. The Morgan fingerprint density at radius 3 is 2.58 bits per heavy atom. The van der Waals surface area contributed by atoms with E-state index in [9.17, 15) is 5.11 Å². The van der Waals surface area contributed by atoms with E-state index in [4.69, 9.17) is 6.42 Å². The summed E-state index contributed by atoms with van der Waals surface area (Å²) in [6.07, 6.45) is 7.74. The maximum Gasteiger partial charge on any atom is 0.0644 e. The fourth-order valence-electron chi connectivity index (χ4n) is 1.48. The fourth-order valence-corrected chi connectivity index (χ4v) is 1.48. The molecule has 0 aromatic heterocycles. The highest BCUT2D eigenvalue weighted by molar-refractivity contribution is 4.87. The molecule has 2 nitrogen and oxygen atoms in total. The Labute approximate surface area is 74.6 Å². The van der Waals surface area contributed by atoms with Crippen LogP contribution in [0.4, 0.5) is 0 Å². The molecule has 1 aliphatic heterocycles. The molecule has 12 heavy (non-hydrogen) atoms. The number of nitrogens with zero attached hydrogens (tertiary/aromatic N) is 1. The molecule has 1 fully saturated rings. The molecule has 0 aliphatic carbocycles. The average molecular weight is 167 g/mol. The van der Waals surface area contributed by atoms with Gasteiger partial charge in [0.25, 0.3) is 0 Å². The van der Waals surface area contributed by atoms with Gasteiger partial charge in [0, 0.05) is 26.1 Å². The van der Waals surface area contributed by atoms with Gasteiger partial charge in [-0.25, -0.2) is 0 Å². The van der Waals surface area contributed by atoms with E-state index in [1.807, 2.05) is 6.92 Å². The molecule has 0 atom stereocenters. The normalized spacial score (nSPS) is 23.4. The molecule has 0 aromatic rings. The standard InChI is InChI=1S/C10H17NO/c1-3-4-7-11-8-5-10(2,12)6-9-11/h1,12H,4-9H2,2H3. The van der Waals surface area contributed by atoms with Crippen LogP contribution in [0.25, 0.3) is 0 Å². The van der Waals surface area contributed by atoms with Crippen LogP contribution in [0.3, 0.4) is 0 Å². The lowest BCUT2D eigenvalue weighted by molar-refractivity contribution is -0.00466. The van der Waals surface area contributed by atoms with Gasteiger partial charge in [-0.05, 0) is 19.8 Å². The second-order valence-corrected chi connectivity index (χ2v) is 3.79. The SMILES string of the molecule is C#CCCN1CCC(C)(O)CC1. The van der Waals surface area contributed by atoms with Crippen LogP contribution in [-0.2, 0) is 0 Å². The van der Waals surface area contributed by atoms with Crippen molar-refractivity contribution in [3.8, 4) is 12.3 Å². The molecule has 0 bridgehead atoms. The van der Waals surface area contributed by atoms with Crippen molar-refractivity contribution >= 4 is 0 Å². The number of hydrogen-bond donors (Lipinski definition) is 1. The first-order chi connectivity index (χ1) is 5.64. The molecule has 1 heterocycles. The van der Waals surface area contributed by atoms with Gasteiger partial charge in [0.1, 0.15) is 0 Å². The lowest BCUT2D eigenvalue weighted by Crippen LogP contribution is -2.42. The van der Waals surface area contributed by atoms with Crippen molar-refractivity contribution in [2.45, 2.75) is 31.8 Å². The Bertz CT molecular complexity index is 171. The summed E-state index contributed by atoms with van der Waals surface area (Å²) in [6.45, 7) is 4.85. The third kappa shape index (κ3) is 2.84. The third-order valence-corrected chi connectivity index (χ3v) is 2.51. The molecule has 0 saturated carbocycles. The molecular weight excluding hydrogens is 150 g/mol. The van der Waals surface area contributed by atoms with E-state index in [0.717, 1.165) is 38.9 Å². The predicted octanol–water partition coefficient (Wildman–Crippen LogP) is 0.857. The van der Waals surface area contributed by atoms with Gasteiger partial charge in [0.05, 0.1) is 5.60 Å². The van der Waals surface area contributed by atoms with Gasteiger partial charge in [0.15, 0.2) is 0 Å². The first kappa shape index (κ1) is 9.57. The van der Waals surface area contributed by atoms with Gasteiger partial charge in [-0.3, -0.25) is 0 Å². The minimum atomic E-state index is -0.438. The van der Waals surface area contributed by atoms with Crippen molar-refractivity contribution in [1.82, 2.24) is 4.90 Å². The van der Waals surface area contributed by atoms with Gasteiger partial charge in [-0.15, -0.1) is 12.3 Å². The van der Waals surface area contributed by atoms with Crippen LogP contribution in [0.15, 0.2) is 0 Å². The molecule has 1 aliphatic rings. The van der Waals surface area contributed by atoms with E-state index < -0.39 is 5.60 Å². The summed E-state index contributed by atoms with van der Waals surface area (Å²) in [6, 6.07) is 0. The minimum Gasteiger partial charge on any atom is -0.390 e. The van der Waals surface area contributed by atoms with E-state index in [1.54, 1.807) is 0 Å². The largest absolute Gasteiger partial charge is 0.390 e. The number of terminal acetylenes is 1. The summed E-state index contributed by atoms with van der Waals surface area (Å²) in [7, 11) is 0. The fraction of sp³-hybridized carbons (Fsp3) is 0.800. The smallest absolute Gasteiger partial charge is 0.0644 e. The zero-order valence-electron chi connectivity index (χ0n) is 7.71. The van der Waals surface area contributed by atoms with Crippen LogP contribution in [0.5, 0.6) is 0 Å². The molecule has 0 radical (unpaired) electrons. The quantitative estimate of drug-likeness (QED) is 0.616. The Hall–Kier alpha value is -0.520. The molecule has 1 saturated heterocycles. The first-order valence-corrected chi connectivity index (χ1v) is 4.52. The van der Waals surface area contributed by atoms with E-state index in [2.05, 4.69) is 10.8 Å². The van der Waals surface area contributed by atoms with Crippen LogP contribution >= 0.6 is 0 Å².